The first-order valence-electron chi connectivity index (χ1n) is 11.8. The van der Waals surface area contributed by atoms with Crippen molar-refractivity contribution in [2.45, 2.75) is 6.54 Å². The Bertz CT molecular complexity index is 779. The number of piperazine rings is 2. The third-order valence-electron chi connectivity index (χ3n) is 6.08. The van der Waals surface area contributed by atoms with Gasteiger partial charge in [-0.3, -0.25) is 4.79 Å². The zero-order valence-electron chi connectivity index (χ0n) is 20.8. The third-order valence-corrected chi connectivity index (χ3v) is 6.08. The molecule has 0 radical (unpaired) electrons. The van der Waals surface area contributed by atoms with Crippen LogP contribution in [0, 0.1) is 0 Å². The largest absolute Gasteiger partial charge is 0.369 e. The maximum Gasteiger partial charge on any atom is 0.150 e. The molecule has 2 fully saturated rings. The van der Waals surface area contributed by atoms with Crippen molar-refractivity contribution in [1.82, 2.24) is 15.1 Å². The van der Waals surface area contributed by atoms with Crippen LogP contribution in [0.5, 0.6) is 0 Å². The summed E-state index contributed by atoms with van der Waals surface area (Å²) in [6.45, 7) is 9.90. The summed E-state index contributed by atoms with van der Waals surface area (Å²) < 4.78 is 0. The van der Waals surface area contributed by atoms with Gasteiger partial charge in [-0.05, 0) is 70.2 Å². The van der Waals surface area contributed by atoms with Gasteiger partial charge in [-0.1, -0.05) is 12.1 Å². The third kappa shape index (κ3) is 8.78. The van der Waals surface area contributed by atoms with E-state index >= 15 is 0 Å². The molecule has 2 aromatic carbocycles. The van der Waals surface area contributed by atoms with E-state index in [1.807, 2.05) is 31.3 Å². The number of aldehydes is 1. The molecule has 3 N–H and O–H groups in total. The molecule has 0 amide bonds. The van der Waals surface area contributed by atoms with Crippen LogP contribution in [0.15, 0.2) is 48.5 Å². The van der Waals surface area contributed by atoms with Crippen molar-refractivity contribution in [3.05, 3.63) is 59.7 Å². The van der Waals surface area contributed by atoms with Gasteiger partial charge in [-0.2, -0.15) is 0 Å². The summed E-state index contributed by atoms with van der Waals surface area (Å²) in [5.74, 6) is 0. The van der Waals surface area contributed by atoms with E-state index in [0.717, 1.165) is 70.8 Å². The van der Waals surface area contributed by atoms with Crippen LogP contribution in [-0.2, 0) is 6.54 Å². The van der Waals surface area contributed by atoms with Crippen molar-refractivity contribution in [3.8, 4) is 0 Å². The van der Waals surface area contributed by atoms with E-state index in [0.29, 0.717) is 0 Å². The summed E-state index contributed by atoms with van der Waals surface area (Å²) in [4.78, 5) is 20.0. The highest BCUT2D eigenvalue weighted by atomic mass is 16.1. The van der Waals surface area contributed by atoms with E-state index in [2.05, 4.69) is 69.0 Å². The Labute approximate surface area is 200 Å². The number of likely N-dealkylation sites (N-methyl/N-ethyl adjacent to an activating group) is 2. The van der Waals surface area contributed by atoms with Gasteiger partial charge in [0, 0.05) is 75.8 Å². The van der Waals surface area contributed by atoms with Gasteiger partial charge in [0.05, 0.1) is 0 Å². The van der Waals surface area contributed by atoms with Crippen LogP contribution in [-0.4, -0.2) is 96.6 Å². The van der Waals surface area contributed by atoms with E-state index in [9.17, 15) is 4.79 Å². The Morgan fingerprint density at radius 3 is 1.48 bits per heavy atom. The second kappa shape index (κ2) is 14.6. The topological polar surface area (TPSA) is 68.1 Å². The van der Waals surface area contributed by atoms with Gasteiger partial charge < -0.3 is 30.7 Å². The van der Waals surface area contributed by atoms with Gasteiger partial charge in [0.2, 0.25) is 0 Å². The highest BCUT2D eigenvalue weighted by molar-refractivity contribution is 5.75. The maximum atomic E-state index is 10.5. The normalized spacial score (nSPS) is 16.9. The number of hydrogen-bond acceptors (Lipinski definition) is 7. The van der Waals surface area contributed by atoms with Crippen molar-refractivity contribution in [1.29, 1.82) is 0 Å². The second-order valence-corrected chi connectivity index (χ2v) is 8.49. The molecule has 7 heteroatoms. The Hall–Kier alpha value is -2.45. The van der Waals surface area contributed by atoms with E-state index in [1.165, 1.54) is 24.0 Å². The molecule has 0 aliphatic carbocycles. The fraction of sp³-hybridized carbons (Fsp3) is 0.500. The lowest BCUT2D eigenvalue weighted by molar-refractivity contribution is 0.112. The quantitative estimate of drug-likeness (QED) is 0.670. The second-order valence-electron chi connectivity index (χ2n) is 8.49. The SMILES string of the molecule is CN.CN1CCN(c2ccc(C=O)cc2)CC1.CNCc1ccc(N2CCN(C)CC2)cc1. The molecule has 7 nitrogen and oxygen atoms in total. The van der Waals surface area contributed by atoms with Gasteiger partial charge in [-0.25, -0.2) is 0 Å². The molecule has 2 aromatic rings. The Morgan fingerprint density at radius 2 is 1.12 bits per heavy atom. The summed E-state index contributed by atoms with van der Waals surface area (Å²) in [7, 11) is 7.81. The van der Waals surface area contributed by atoms with Crippen LogP contribution in [0.1, 0.15) is 15.9 Å². The summed E-state index contributed by atoms with van der Waals surface area (Å²) >= 11 is 0. The number of anilines is 2. The van der Waals surface area contributed by atoms with Crippen molar-refractivity contribution in [2.24, 2.45) is 5.73 Å². The number of carbonyl (C=O) groups excluding carboxylic acids is 1. The van der Waals surface area contributed by atoms with Gasteiger partial charge >= 0.3 is 0 Å². The average Bonchev–Trinajstić information content (AvgIpc) is 2.87. The molecule has 2 aliphatic heterocycles. The summed E-state index contributed by atoms with van der Waals surface area (Å²) in [5.41, 5.74) is 9.16. The standard InChI is InChI=1S/C13H21N3.C12H16N2O.CH5N/c1-14-11-12-3-5-13(6-4-12)16-9-7-15(2)8-10-16;1-13-6-8-14(9-7-13)12-4-2-11(10-15)3-5-12;1-2/h3-6,14H,7-11H2,1-2H3;2-5,10H,6-9H2,1H3;2H2,1H3. The number of benzene rings is 2. The monoisotopic (exact) mass is 454 g/mol. The number of nitrogens with two attached hydrogens (primary N) is 1. The number of hydrogen-bond donors (Lipinski definition) is 2. The minimum Gasteiger partial charge on any atom is -0.369 e. The molecule has 0 bridgehead atoms. The van der Waals surface area contributed by atoms with Crippen molar-refractivity contribution in [3.63, 3.8) is 0 Å². The Morgan fingerprint density at radius 1 is 0.727 bits per heavy atom. The first-order valence-corrected chi connectivity index (χ1v) is 11.8. The zero-order chi connectivity index (χ0) is 24.1. The number of nitrogens with zero attached hydrogens (tertiary/aromatic N) is 4. The summed E-state index contributed by atoms with van der Waals surface area (Å²) in [5, 5.41) is 3.17. The van der Waals surface area contributed by atoms with Crippen LogP contribution in [0.2, 0.25) is 0 Å². The zero-order valence-corrected chi connectivity index (χ0v) is 20.8. The highest BCUT2D eigenvalue weighted by Gasteiger charge is 2.14. The minimum atomic E-state index is 0.743. The molecule has 0 spiro atoms. The van der Waals surface area contributed by atoms with Gasteiger partial charge in [0.25, 0.3) is 0 Å². The summed E-state index contributed by atoms with van der Waals surface area (Å²) in [6.07, 6.45) is 0.883. The van der Waals surface area contributed by atoms with Gasteiger partial charge in [0.15, 0.2) is 0 Å². The average molecular weight is 455 g/mol. The van der Waals surface area contributed by atoms with Crippen LogP contribution in [0.25, 0.3) is 0 Å². The van der Waals surface area contributed by atoms with E-state index < -0.39 is 0 Å². The molecule has 4 rings (SSSR count). The lowest BCUT2D eigenvalue weighted by Gasteiger charge is -2.34. The summed E-state index contributed by atoms with van der Waals surface area (Å²) in [6, 6.07) is 16.7. The molecule has 2 saturated heterocycles. The lowest BCUT2D eigenvalue weighted by Crippen LogP contribution is -2.44. The van der Waals surface area contributed by atoms with Crippen LogP contribution in [0.3, 0.4) is 0 Å². The number of nitrogens with one attached hydrogen (secondary N) is 1. The van der Waals surface area contributed by atoms with Gasteiger partial charge in [0.1, 0.15) is 6.29 Å². The molecule has 2 aliphatic rings. The highest BCUT2D eigenvalue weighted by Crippen LogP contribution is 2.17. The van der Waals surface area contributed by atoms with E-state index in [1.54, 1.807) is 0 Å². The van der Waals surface area contributed by atoms with Crippen LogP contribution < -0.4 is 20.9 Å². The molecule has 182 valence electrons. The number of rotatable bonds is 5. The fourth-order valence-electron chi connectivity index (χ4n) is 3.92. The molecular weight excluding hydrogens is 412 g/mol. The Kier molecular flexibility index (Phi) is 11.9. The van der Waals surface area contributed by atoms with Crippen molar-refractivity contribution < 1.29 is 4.79 Å². The van der Waals surface area contributed by atoms with E-state index in [4.69, 9.17) is 0 Å². The fourth-order valence-corrected chi connectivity index (χ4v) is 3.92. The molecular formula is C26H42N6O. The minimum absolute atomic E-state index is 0.743. The molecule has 0 atom stereocenters. The molecule has 33 heavy (non-hydrogen) atoms. The van der Waals surface area contributed by atoms with E-state index in [-0.39, 0.29) is 0 Å². The predicted octanol–water partition coefficient (Wildman–Crippen LogP) is 1.98. The van der Waals surface area contributed by atoms with Crippen molar-refractivity contribution >= 4 is 17.7 Å². The Balaban J connectivity index is 0.000000218. The molecule has 0 unspecified atom stereocenters. The molecule has 2 heterocycles. The number of carbonyl (C=O) groups is 1. The molecule has 0 saturated carbocycles. The van der Waals surface area contributed by atoms with Crippen LogP contribution in [0.4, 0.5) is 11.4 Å². The smallest absolute Gasteiger partial charge is 0.150 e. The predicted molar refractivity (Wildman–Crippen MR) is 141 cm³/mol. The molecule has 0 aromatic heterocycles. The first kappa shape index (κ1) is 26.8. The van der Waals surface area contributed by atoms with Crippen molar-refractivity contribution in [2.75, 3.05) is 90.3 Å². The van der Waals surface area contributed by atoms with Gasteiger partial charge in [-0.15, -0.1) is 0 Å². The maximum absolute atomic E-state index is 10.5. The lowest BCUT2D eigenvalue weighted by atomic mass is 10.2. The van der Waals surface area contributed by atoms with Crippen LogP contribution >= 0.6 is 0 Å². The first-order chi connectivity index (χ1) is 16.1.